The van der Waals surface area contributed by atoms with Crippen LogP contribution in [0.3, 0.4) is 0 Å². The van der Waals surface area contributed by atoms with Gasteiger partial charge in [-0.25, -0.2) is 0 Å². The highest BCUT2D eigenvalue weighted by molar-refractivity contribution is 5.98. The maximum absolute atomic E-state index is 14.1. The number of carbonyl (C=O) groups excluding carboxylic acids is 11. The average Bonchev–Trinajstić information content (AvgIpc) is 3.25. The third kappa shape index (κ3) is 20.2. The van der Waals surface area contributed by atoms with Gasteiger partial charge in [0.1, 0.15) is 36.0 Å². The molecule has 1 fully saturated rings. The van der Waals surface area contributed by atoms with Crippen molar-refractivity contribution in [2.24, 2.45) is 29.0 Å². The monoisotopic (exact) mass is 942 g/mol. The molecule has 1 heterocycles. The molecule has 0 aromatic heterocycles. The number of likely N-dealkylation sites (N-methyl/N-ethyl adjacent to an activating group) is 1. The van der Waals surface area contributed by atoms with E-state index in [0.29, 0.717) is 12.0 Å². The van der Waals surface area contributed by atoms with Crippen LogP contribution < -0.4 is 59.7 Å². The van der Waals surface area contributed by atoms with Crippen LogP contribution in [0.5, 0.6) is 5.75 Å². The fraction of sp³-hybridized carbons (Fsp3) is 0.558. The van der Waals surface area contributed by atoms with Crippen LogP contribution in [0.4, 0.5) is 0 Å². The largest absolute Gasteiger partial charge is 0.508 e. The molecule has 370 valence electrons. The summed E-state index contributed by atoms with van der Waals surface area (Å²) in [6.45, 7) is 9.44. The highest BCUT2D eigenvalue weighted by Crippen LogP contribution is 2.17. The number of aromatic hydroxyl groups is 1. The van der Waals surface area contributed by atoms with Crippen LogP contribution in [0.2, 0.25) is 0 Å². The van der Waals surface area contributed by atoms with Gasteiger partial charge in [-0.2, -0.15) is 0 Å². The fourth-order valence-corrected chi connectivity index (χ4v) is 6.75. The van der Waals surface area contributed by atoms with Gasteiger partial charge in [-0.05, 0) is 55.2 Å². The number of hydrogen-bond acceptors (Lipinski definition) is 13. The van der Waals surface area contributed by atoms with Crippen LogP contribution in [0, 0.1) is 11.8 Å². The second kappa shape index (κ2) is 27.3. The van der Waals surface area contributed by atoms with Crippen LogP contribution in [0.15, 0.2) is 36.5 Å². The SMILES string of the molecule is C=C1N[C@@H]([C@@H](C)CC)C(=O)N[C@@H](CCC(N)=O)C(=O)N[C@@H](CC(N)=O)C(=O)N[C@H](C(=O)N(C)CC(=O)N[C@@H](CC(C)C)C(=O)NCC(N)=O)CCC(=O)NCC(=O)N[C@H]1Cc1ccc(O)cc1. The first-order chi connectivity index (χ1) is 31.4. The molecular formula is C43H66N12O12. The van der Waals surface area contributed by atoms with Crippen molar-refractivity contribution in [1.82, 2.24) is 47.4 Å². The molecule has 24 heteroatoms. The van der Waals surface area contributed by atoms with Crippen LogP contribution >= 0.6 is 0 Å². The summed E-state index contributed by atoms with van der Waals surface area (Å²) in [7, 11) is 1.19. The van der Waals surface area contributed by atoms with Gasteiger partial charge in [-0.1, -0.05) is 52.8 Å². The number of amides is 11. The van der Waals surface area contributed by atoms with Gasteiger partial charge in [0.15, 0.2) is 0 Å². The summed E-state index contributed by atoms with van der Waals surface area (Å²) >= 11 is 0. The number of nitrogens with two attached hydrogens (primary N) is 3. The van der Waals surface area contributed by atoms with Gasteiger partial charge in [-0.15, -0.1) is 0 Å². The van der Waals surface area contributed by atoms with Gasteiger partial charge in [-0.3, -0.25) is 52.7 Å². The smallest absolute Gasteiger partial charge is 0.245 e. The minimum absolute atomic E-state index is 0.00966. The van der Waals surface area contributed by atoms with Gasteiger partial charge in [0.05, 0.1) is 32.1 Å². The standard InChI is InChI=1S/C43H66N12O12/c1-7-23(4)38-42(66)52-27(12-14-32(44)57)40(64)54-31(18-33(45)58)41(65)53-28(43(67)55(6)21-37(62)51-30(16-22(2)3)39(63)48-19-34(46)59)13-15-35(60)47-20-36(61)50-29(24(5)49-38)17-25-8-10-26(56)11-9-25/h8-11,22-23,27-31,38,49,56H,5,7,12-21H2,1-4,6H3,(H2,44,57)(H2,45,58)(H2,46,59)(H,47,60)(H,48,63)(H,50,61)(H,51,62)(H,52,66)(H,53,65)(H,54,64)/t23-,27-,28-,29-,30-,31-,38-/m0/s1. The van der Waals surface area contributed by atoms with Gasteiger partial charge >= 0.3 is 0 Å². The number of phenols is 1. The molecule has 0 unspecified atom stereocenters. The van der Waals surface area contributed by atoms with Crippen molar-refractivity contribution in [3.63, 3.8) is 0 Å². The first-order valence-corrected chi connectivity index (χ1v) is 21.8. The number of benzene rings is 1. The Morgan fingerprint density at radius 3 is 2.03 bits per heavy atom. The number of hydrogen-bond donors (Lipinski definition) is 12. The lowest BCUT2D eigenvalue weighted by Crippen LogP contribution is -2.60. The molecule has 2 rings (SSSR count). The van der Waals surface area contributed by atoms with E-state index in [2.05, 4.69) is 49.1 Å². The first kappa shape index (κ1) is 55.9. The van der Waals surface area contributed by atoms with E-state index in [1.165, 1.54) is 19.2 Å². The summed E-state index contributed by atoms with van der Waals surface area (Å²) in [5, 5.41) is 30.3. The van der Waals surface area contributed by atoms with Crippen molar-refractivity contribution in [2.75, 3.05) is 26.7 Å². The maximum Gasteiger partial charge on any atom is 0.245 e. The Morgan fingerprint density at radius 1 is 0.821 bits per heavy atom. The molecule has 15 N–H and O–H groups in total. The summed E-state index contributed by atoms with van der Waals surface area (Å²) < 4.78 is 0. The molecule has 7 atom stereocenters. The van der Waals surface area contributed by atoms with Crippen molar-refractivity contribution in [3.8, 4) is 5.75 Å². The Morgan fingerprint density at radius 2 is 1.45 bits per heavy atom. The number of carbonyl (C=O) groups is 11. The molecule has 0 bridgehead atoms. The van der Waals surface area contributed by atoms with Crippen LogP contribution in [-0.2, 0) is 59.2 Å². The number of primary amides is 3. The van der Waals surface area contributed by atoms with E-state index in [9.17, 15) is 57.8 Å². The fourth-order valence-electron chi connectivity index (χ4n) is 6.75. The molecule has 1 aliphatic heterocycles. The number of phenolic OH excluding ortho intramolecular Hbond substituents is 1. The van der Waals surface area contributed by atoms with Crippen molar-refractivity contribution in [2.45, 2.75) is 115 Å². The molecule has 67 heavy (non-hydrogen) atoms. The lowest BCUT2D eigenvalue weighted by atomic mass is 9.95. The van der Waals surface area contributed by atoms with Gasteiger partial charge in [0, 0.05) is 25.6 Å². The van der Waals surface area contributed by atoms with Gasteiger partial charge in [0.25, 0.3) is 0 Å². The molecule has 0 radical (unpaired) electrons. The van der Waals surface area contributed by atoms with Gasteiger partial charge < -0.3 is 69.7 Å². The minimum atomic E-state index is -1.79. The second-order valence-electron chi connectivity index (χ2n) is 16.8. The Hall–Kier alpha value is -7.27. The molecule has 11 amide bonds. The zero-order chi connectivity index (χ0) is 50.5. The molecule has 1 aliphatic rings. The van der Waals surface area contributed by atoms with E-state index < -0.39 is 152 Å². The quantitative estimate of drug-likeness (QED) is 0.0670. The Kier molecular flexibility index (Phi) is 22.7. The average molecular weight is 943 g/mol. The molecule has 1 aromatic rings. The molecule has 24 nitrogen and oxygen atoms in total. The summed E-state index contributed by atoms with van der Waals surface area (Å²) in [6.07, 6.45) is -1.87. The van der Waals surface area contributed by atoms with E-state index in [4.69, 9.17) is 17.2 Å². The third-order valence-electron chi connectivity index (χ3n) is 10.6. The van der Waals surface area contributed by atoms with Crippen molar-refractivity contribution in [3.05, 3.63) is 42.1 Å². The Bertz CT molecular complexity index is 2000. The summed E-state index contributed by atoms with van der Waals surface area (Å²) in [6, 6.07) is -2.02. The minimum Gasteiger partial charge on any atom is -0.508 e. The van der Waals surface area contributed by atoms with E-state index >= 15 is 0 Å². The molecule has 0 saturated carbocycles. The second-order valence-corrected chi connectivity index (χ2v) is 16.8. The van der Waals surface area contributed by atoms with Crippen LogP contribution in [0.25, 0.3) is 0 Å². The number of rotatable bonds is 18. The van der Waals surface area contributed by atoms with Crippen molar-refractivity contribution < 1.29 is 57.8 Å². The Balaban J connectivity index is 2.59. The molecule has 0 aliphatic carbocycles. The predicted molar refractivity (Wildman–Crippen MR) is 241 cm³/mol. The normalized spacial score (nSPS) is 21.1. The van der Waals surface area contributed by atoms with E-state index in [1.54, 1.807) is 39.8 Å². The molecule has 1 aromatic carbocycles. The lowest BCUT2D eigenvalue weighted by molar-refractivity contribution is -0.140. The van der Waals surface area contributed by atoms with Crippen LogP contribution in [0.1, 0.15) is 78.2 Å². The zero-order valence-corrected chi connectivity index (χ0v) is 38.5. The summed E-state index contributed by atoms with van der Waals surface area (Å²) in [4.78, 5) is 145. The molecule has 0 spiro atoms. The van der Waals surface area contributed by atoms with Crippen molar-refractivity contribution >= 4 is 65.0 Å². The maximum atomic E-state index is 14.1. The predicted octanol–water partition coefficient (Wildman–Crippen LogP) is -3.97. The summed E-state index contributed by atoms with van der Waals surface area (Å²) in [5.74, 6) is -10.1. The van der Waals surface area contributed by atoms with Crippen molar-refractivity contribution in [1.29, 1.82) is 0 Å². The molecular weight excluding hydrogens is 877 g/mol. The number of nitrogens with zero attached hydrogens (tertiary/aromatic N) is 1. The highest BCUT2D eigenvalue weighted by Gasteiger charge is 2.35. The van der Waals surface area contributed by atoms with Gasteiger partial charge in [0.2, 0.25) is 65.0 Å². The number of nitrogens with one attached hydrogen (secondary N) is 8. The summed E-state index contributed by atoms with van der Waals surface area (Å²) in [5.41, 5.74) is 16.8. The Labute approximate surface area is 388 Å². The van der Waals surface area contributed by atoms with E-state index in [-0.39, 0.29) is 36.6 Å². The molecule has 1 saturated heterocycles. The zero-order valence-electron chi connectivity index (χ0n) is 38.5. The van der Waals surface area contributed by atoms with E-state index in [0.717, 1.165) is 4.90 Å². The highest BCUT2D eigenvalue weighted by atomic mass is 16.3. The van der Waals surface area contributed by atoms with E-state index in [1.807, 2.05) is 0 Å². The topological polar surface area (TPSA) is 386 Å². The lowest BCUT2D eigenvalue weighted by Gasteiger charge is -2.31. The van der Waals surface area contributed by atoms with Crippen LogP contribution in [-0.4, -0.2) is 138 Å². The third-order valence-corrected chi connectivity index (χ3v) is 10.6. The first-order valence-electron chi connectivity index (χ1n) is 21.8.